The number of hydrogen-bond acceptors (Lipinski definition) is 10. The second kappa shape index (κ2) is 10.8. The van der Waals surface area contributed by atoms with E-state index in [1.165, 1.54) is 0 Å². The van der Waals surface area contributed by atoms with Gasteiger partial charge in [-0.25, -0.2) is 15.0 Å². The molecule has 0 spiro atoms. The van der Waals surface area contributed by atoms with Gasteiger partial charge in [0.25, 0.3) is 0 Å². The lowest BCUT2D eigenvalue weighted by molar-refractivity contribution is -0.149. The van der Waals surface area contributed by atoms with Crippen LogP contribution in [0.1, 0.15) is 58.3 Å². The fourth-order valence-corrected chi connectivity index (χ4v) is 4.01. The summed E-state index contributed by atoms with van der Waals surface area (Å²) in [6.45, 7) is 9.61. The summed E-state index contributed by atoms with van der Waals surface area (Å²) in [6.07, 6.45) is 2.32. The number of carbonyl (C=O) groups is 1. The molecule has 0 aliphatic carbocycles. The molecule has 2 aromatic rings. The number of carbonyl (C=O) groups excluding carboxylic acids is 1. The molecular formula is C21H30ClN7O3. The Balaban J connectivity index is 1.75. The Morgan fingerprint density at radius 2 is 1.94 bits per heavy atom. The van der Waals surface area contributed by atoms with Gasteiger partial charge in [-0.3, -0.25) is 4.79 Å². The van der Waals surface area contributed by atoms with Crippen molar-refractivity contribution in [1.29, 1.82) is 0 Å². The predicted octanol–water partition coefficient (Wildman–Crippen LogP) is 2.97. The molecule has 1 saturated heterocycles. The maximum atomic E-state index is 11.8. The van der Waals surface area contributed by atoms with Crippen molar-refractivity contribution in [2.24, 2.45) is 0 Å². The topological polar surface area (TPSA) is 106 Å². The van der Waals surface area contributed by atoms with Gasteiger partial charge in [-0.05, 0) is 44.9 Å². The van der Waals surface area contributed by atoms with Gasteiger partial charge in [0.2, 0.25) is 11.2 Å². The number of halogens is 1. The highest BCUT2D eigenvalue weighted by Gasteiger charge is 2.32. The number of hydrogen-bond donors (Lipinski definition) is 0. The molecule has 3 heterocycles. The highest BCUT2D eigenvalue weighted by molar-refractivity contribution is 6.28. The second-order valence-electron chi connectivity index (χ2n) is 7.92. The van der Waals surface area contributed by atoms with E-state index in [-0.39, 0.29) is 29.9 Å². The Bertz CT molecular complexity index is 920. The van der Waals surface area contributed by atoms with Crippen LogP contribution in [0.25, 0.3) is 0 Å². The monoisotopic (exact) mass is 463 g/mol. The summed E-state index contributed by atoms with van der Waals surface area (Å²) in [5.74, 6) is 2.07. The van der Waals surface area contributed by atoms with Crippen molar-refractivity contribution in [1.82, 2.24) is 24.9 Å². The van der Waals surface area contributed by atoms with Gasteiger partial charge >= 0.3 is 5.97 Å². The van der Waals surface area contributed by atoms with E-state index in [4.69, 9.17) is 21.1 Å². The molecule has 0 radical (unpaired) electrons. The Labute approximate surface area is 193 Å². The molecule has 0 N–H and O–H groups in total. The summed E-state index contributed by atoms with van der Waals surface area (Å²) in [4.78, 5) is 38.1. The summed E-state index contributed by atoms with van der Waals surface area (Å²) in [6, 6.07) is 2.05. The molecular weight excluding hydrogens is 434 g/mol. The maximum absolute atomic E-state index is 11.8. The molecule has 0 aromatic carbocycles. The van der Waals surface area contributed by atoms with Gasteiger partial charge in [0, 0.05) is 44.9 Å². The summed E-state index contributed by atoms with van der Waals surface area (Å²) in [5.41, 5.74) is 0. The molecule has 2 aromatic heterocycles. The predicted molar refractivity (Wildman–Crippen MR) is 121 cm³/mol. The molecule has 3 unspecified atom stereocenters. The van der Waals surface area contributed by atoms with E-state index in [9.17, 15) is 4.79 Å². The van der Waals surface area contributed by atoms with Crippen LogP contribution in [0.4, 0.5) is 11.8 Å². The number of methoxy groups -OCH3 is 1. The molecule has 10 nitrogen and oxygen atoms in total. The second-order valence-corrected chi connectivity index (χ2v) is 8.26. The molecule has 3 rings (SSSR count). The Morgan fingerprint density at radius 3 is 2.59 bits per heavy atom. The zero-order chi connectivity index (χ0) is 23.3. The van der Waals surface area contributed by atoms with E-state index >= 15 is 0 Å². The molecule has 0 saturated carbocycles. The SMILES string of the molecule is CCCC(=O)OC(C)c1nccc(N2CC(C)N(c3nc(Cl)nc(COC)n3)C(C)C2)n1. The van der Waals surface area contributed by atoms with Gasteiger partial charge in [-0.2, -0.15) is 9.97 Å². The molecule has 174 valence electrons. The van der Waals surface area contributed by atoms with Crippen molar-refractivity contribution in [3.8, 4) is 0 Å². The summed E-state index contributed by atoms with van der Waals surface area (Å²) in [7, 11) is 1.59. The van der Waals surface area contributed by atoms with E-state index in [1.807, 2.05) is 13.0 Å². The lowest BCUT2D eigenvalue weighted by Gasteiger charge is -2.45. The standard InChI is InChI=1S/C21H30ClN7O3/c1-6-7-18(30)32-15(4)19-23-9-8-17(26-19)28-10-13(2)29(14(3)11-28)21-25-16(12-31-5)24-20(22)27-21/h8-9,13-15H,6-7,10-12H2,1-5H3. The van der Waals surface area contributed by atoms with E-state index in [0.29, 0.717) is 37.1 Å². The van der Waals surface area contributed by atoms with Gasteiger partial charge in [0.1, 0.15) is 12.4 Å². The lowest BCUT2D eigenvalue weighted by atomic mass is 10.1. The van der Waals surface area contributed by atoms with E-state index < -0.39 is 6.10 Å². The lowest BCUT2D eigenvalue weighted by Crippen LogP contribution is -2.58. The summed E-state index contributed by atoms with van der Waals surface area (Å²) >= 11 is 6.12. The zero-order valence-corrected chi connectivity index (χ0v) is 19.9. The van der Waals surface area contributed by atoms with Gasteiger partial charge < -0.3 is 19.3 Å². The van der Waals surface area contributed by atoms with Crippen molar-refractivity contribution in [2.45, 2.75) is 65.3 Å². The van der Waals surface area contributed by atoms with E-state index in [0.717, 1.165) is 12.2 Å². The average molecular weight is 464 g/mol. The molecule has 3 atom stereocenters. The van der Waals surface area contributed by atoms with Crippen molar-refractivity contribution in [2.75, 3.05) is 30.0 Å². The van der Waals surface area contributed by atoms with Crippen LogP contribution in [0.5, 0.6) is 0 Å². The maximum Gasteiger partial charge on any atom is 0.306 e. The molecule has 11 heteroatoms. The molecule has 1 fully saturated rings. The van der Waals surface area contributed by atoms with Gasteiger partial charge in [0.15, 0.2) is 17.8 Å². The van der Waals surface area contributed by atoms with Crippen LogP contribution < -0.4 is 9.80 Å². The minimum absolute atomic E-state index is 0.0887. The molecule has 0 bridgehead atoms. The van der Waals surface area contributed by atoms with Crippen molar-refractivity contribution in [3.05, 3.63) is 29.2 Å². The molecule has 32 heavy (non-hydrogen) atoms. The van der Waals surface area contributed by atoms with Gasteiger partial charge in [-0.1, -0.05) is 6.92 Å². The van der Waals surface area contributed by atoms with Crippen LogP contribution >= 0.6 is 11.6 Å². The zero-order valence-electron chi connectivity index (χ0n) is 19.2. The number of rotatable bonds is 8. The van der Waals surface area contributed by atoms with Crippen LogP contribution in [-0.4, -0.2) is 63.2 Å². The van der Waals surface area contributed by atoms with Gasteiger partial charge in [-0.15, -0.1) is 0 Å². The normalized spacial score (nSPS) is 19.7. The van der Waals surface area contributed by atoms with E-state index in [1.54, 1.807) is 20.2 Å². The third-order valence-electron chi connectivity index (χ3n) is 5.18. The fourth-order valence-electron chi connectivity index (χ4n) is 3.84. The first-order valence-electron chi connectivity index (χ1n) is 10.8. The van der Waals surface area contributed by atoms with Crippen molar-refractivity contribution in [3.63, 3.8) is 0 Å². The largest absolute Gasteiger partial charge is 0.454 e. The number of anilines is 2. The summed E-state index contributed by atoms with van der Waals surface area (Å²) < 4.78 is 10.6. The number of nitrogens with zero attached hydrogens (tertiary/aromatic N) is 7. The van der Waals surface area contributed by atoms with Crippen LogP contribution in [0.3, 0.4) is 0 Å². The Morgan fingerprint density at radius 1 is 1.22 bits per heavy atom. The highest BCUT2D eigenvalue weighted by Crippen LogP contribution is 2.26. The third-order valence-corrected chi connectivity index (χ3v) is 5.34. The molecule has 1 aliphatic rings. The number of esters is 1. The van der Waals surface area contributed by atoms with Crippen LogP contribution in [-0.2, 0) is 20.9 Å². The first-order chi connectivity index (χ1) is 15.3. The quantitative estimate of drug-likeness (QED) is 0.542. The van der Waals surface area contributed by atoms with Crippen LogP contribution in [0, 0.1) is 0 Å². The van der Waals surface area contributed by atoms with Crippen LogP contribution in [0.15, 0.2) is 12.3 Å². The molecule has 0 amide bonds. The van der Waals surface area contributed by atoms with Gasteiger partial charge in [0.05, 0.1) is 0 Å². The summed E-state index contributed by atoms with van der Waals surface area (Å²) in [5, 5.41) is 0.149. The Kier molecular flexibility index (Phi) is 8.14. The smallest absolute Gasteiger partial charge is 0.306 e. The number of piperazine rings is 1. The van der Waals surface area contributed by atoms with Crippen LogP contribution in [0.2, 0.25) is 5.28 Å². The fraction of sp³-hybridized carbons (Fsp3) is 0.619. The molecule has 1 aliphatic heterocycles. The first-order valence-corrected chi connectivity index (χ1v) is 11.1. The van der Waals surface area contributed by atoms with Crippen molar-refractivity contribution >= 4 is 29.3 Å². The number of aromatic nitrogens is 5. The highest BCUT2D eigenvalue weighted by atomic mass is 35.5. The minimum Gasteiger partial charge on any atom is -0.454 e. The Hall–Kier alpha value is -2.59. The average Bonchev–Trinajstić information content (AvgIpc) is 2.73. The number of ether oxygens (including phenoxy) is 2. The van der Waals surface area contributed by atoms with Crippen molar-refractivity contribution < 1.29 is 14.3 Å². The third kappa shape index (κ3) is 5.80. The minimum atomic E-state index is -0.503. The van der Waals surface area contributed by atoms with E-state index in [2.05, 4.69) is 48.6 Å². The first kappa shape index (κ1) is 24.1.